The van der Waals surface area contributed by atoms with E-state index < -0.39 is 0 Å². The third-order valence-corrected chi connectivity index (χ3v) is 7.25. The van der Waals surface area contributed by atoms with Gasteiger partial charge in [-0.25, -0.2) is 9.97 Å². The summed E-state index contributed by atoms with van der Waals surface area (Å²) in [6, 6.07) is 1.19. The summed E-state index contributed by atoms with van der Waals surface area (Å²) in [7, 11) is 4.42. The third kappa shape index (κ3) is 2.72. The van der Waals surface area contributed by atoms with Crippen LogP contribution >= 0.6 is 11.3 Å². The van der Waals surface area contributed by atoms with Crippen LogP contribution in [0.1, 0.15) is 43.6 Å². The molecule has 1 saturated carbocycles. The highest BCUT2D eigenvalue weighted by Crippen LogP contribution is 2.40. The number of aromatic nitrogens is 2. The molecule has 2 aliphatic rings. The van der Waals surface area contributed by atoms with Crippen molar-refractivity contribution < 1.29 is 0 Å². The van der Waals surface area contributed by atoms with Crippen molar-refractivity contribution in [2.45, 2.75) is 58.0 Å². The first kappa shape index (κ1) is 16.3. The minimum atomic E-state index is 0.497. The molecule has 0 aliphatic heterocycles. The molecule has 4 nitrogen and oxygen atoms in total. The summed E-state index contributed by atoms with van der Waals surface area (Å²) in [6.45, 7) is 4.78. The fourth-order valence-corrected chi connectivity index (χ4v) is 5.94. The molecule has 4 atom stereocenters. The van der Waals surface area contributed by atoms with Crippen LogP contribution in [0.15, 0.2) is 6.33 Å². The van der Waals surface area contributed by atoms with Gasteiger partial charge in [-0.15, -0.1) is 11.3 Å². The van der Waals surface area contributed by atoms with Crippen LogP contribution in [-0.2, 0) is 12.8 Å². The molecule has 1 fully saturated rings. The van der Waals surface area contributed by atoms with Crippen molar-refractivity contribution in [1.29, 1.82) is 0 Å². The predicted octanol–water partition coefficient (Wildman–Crippen LogP) is 3.96. The standard InChI is InChI=1S/C19H28N4S/c1-11-8-13(23(3)4)9-12(2)17(11)22-18-16-14-6-5-7-15(14)24-19(16)21-10-20-18/h10-13,17H,5-9H2,1-4H3,(H,20,21,22)/t11-,12+,13?,17?. The van der Waals surface area contributed by atoms with Gasteiger partial charge < -0.3 is 10.2 Å². The summed E-state index contributed by atoms with van der Waals surface area (Å²) in [5.41, 5.74) is 1.51. The summed E-state index contributed by atoms with van der Waals surface area (Å²) >= 11 is 1.87. The second kappa shape index (κ2) is 6.26. The molecule has 2 unspecified atom stereocenters. The highest BCUT2D eigenvalue weighted by molar-refractivity contribution is 7.19. The van der Waals surface area contributed by atoms with E-state index >= 15 is 0 Å². The fraction of sp³-hybridized carbons (Fsp3) is 0.684. The van der Waals surface area contributed by atoms with Gasteiger partial charge in [-0.2, -0.15) is 0 Å². The lowest BCUT2D eigenvalue weighted by Crippen LogP contribution is -2.46. The van der Waals surface area contributed by atoms with E-state index in [9.17, 15) is 0 Å². The highest BCUT2D eigenvalue weighted by atomic mass is 32.1. The first-order valence-electron chi connectivity index (χ1n) is 9.22. The Morgan fingerprint density at radius 2 is 1.88 bits per heavy atom. The van der Waals surface area contributed by atoms with Crippen molar-refractivity contribution in [3.8, 4) is 0 Å². The topological polar surface area (TPSA) is 41.0 Å². The Hall–Kier alpha value is -1.20. The number of aryl methyl sites for hydroxylation is 2. The number of fused-ring (bicyclic) bond motifs is 3. The van der Waals surface area contributed by atoms with Crippen molar-refractivity contribution in [3.63, 3.8) is 0 Å². The Morgan fingerprint density at radius 1 is 1.12 bits per heavy atom. The monoisotopic (exact) mass is 344 g/mol. The number of hydrogen-bond acceptors (Lipinski definition) is 5. The van der Waals surface area contributed by atoms with Crippen LogP contribution in [0.2, 0.25) is 0 Å². The van der Waals surface area contributed by atoms with Crippen LogP contribution in [0.25, 0.3) is 10.2 Å². The molecular formula is C19H28N4S. The number of thiophene rings is 1. The molecule has 2 aromatic rings. The maximum atomic E-state index is 4.65. The van der Waals surface area contributed by atoms with E-state index in [0.717, 1.165) is 5.82 Å². The summed E-state index contributed by atoms with van der Waals surface area (Å²) in [5.74, 6) is 2.38. The molecule has 4 rings (SSSR count). The van der Waals surface area contributed by atoms with E-state index in [2.05, 4.69) is 48.1 Å². The van der Waals surface area contributed by atoms with E-state index in [-0.39, 0.29) is 0 Å². The Kier molecular flexibility index (Phi) is 4.25. The molecule has 0 saturated heterocycles. The first-order chi connectivity index (χ1) is 11.5. The molecule has 24 heavy (non-hydrogen) atoms. The maximum absolute atomic E-state index is 4.65. The Bertz CT molecular complexity index is 726. The van der Waals surface area contributed by atoms with Crippen molar-refractivity contribution in [3.05, 3.63) is 16.8 Å². The van der Waals surface area contributed by atoms with Crippen LogP contribution in [0.4, 0.5) is 5.82 Å². The van der Waals surface area contributed by atoms with E-state index in [1.807, 2.05) is 11.3 Å². The van der Waals surface area contributed by atoms with Gasteiger partial charge in [-0.3, -0.25) is 0 Å². The number of nitrogens with one attached hydrogen (secondary N) is 1. The fourth-order valence-electron chi connectivity index (χ4n) is 4.71. The minimum absolute atomic E-state index is 0.497. The lowest BCUT2D eigenvalue weighted by molar-refractivity contribution is 0.143. The number of rotatable bonds is 3. The van der Waals surface area contributed by atoms with Crippen LogP contribution in [0, 0.1) is 11.8 Å². The molecule has 2 aromatic heterocycles. The van der Waals surface area contributed by atoms with Crippen molar-refractivity contribution in [2.24, 2.45) is 11.8 Å². The Morgan fingerprint density at radius 3 is 2.58 bits per heavy atom. The molecule has 1 N–H and O–H groups in total. The Balaban J connectivity index is 1.63. The zero-order chi connectivity index (χ0) is 16.8. The molecule has 130 valence electrons. The normalized spacial score (nSPS) is 30.0. The average Bonchev–Trinajstić information content (AvgIpc) is 3.11. The Labute approximate surface area is 148 Å². The van der Waals surface area contributed by atoms with Crippen LogP contribution in [0.5, 0.6) is 0 Å². The van der Waals surface area contributed by atoms with E-state index in [1.54, 1.807) is 6.33 Å². The van der Waals surface area contributed by atoms with Gasteiger partial charge in [0.25, 0.3) is 0 Å². The molecule has 5 heteroatoms. The number of nitrogens with zero attached hydrogens (tertiary/aromatic N) is 3. The lowest BCUT2D eigenvalue weighted by atomic mass is 9.75. The van der Waals surface area contributed by atoms with Crippen molar-refractivity contribution in [1.82, 2.24) is 14.9 Å². The third-order valence-electron chi connectivity index (χ3n) is 6.05. The smallest absolute Gasteiger partial charge is 0.138 e. The second-order valence-electron chi connectivity index (χ2n) is 7.97. The van der Waals surface area contributed by atoms with E-state index in [1.165, 1.54) is 52.8 Å². The number of hydrogen-bond donors (Lipinski definition) is 1. The van der Waals surface area contributed by atoms with Gasteiger partial charge in [0.2, 0.25) is 0 Å². The van der Waals surface area contributed by atoms with Crippen molar-refractivity contribution in [2.75, 3.05) is 19.4 Å². The summed E-state index contributed by atoms with van der Waals surface area (Å²) in [6.07, 6.45) is 7.94. The van der Waals surface area contributed by atoms with Crippen LogP contribution in [-0.4, -0.2) is 41.0 Å². The quantitative estimate of drug-likeness (QED) is 0.915. The van der Waals surface area contributed by atoms with Gasteiger partial charge in [0.1, 0.15) is 17.0 Å². The van der Waals surface area contributed by atoms with Crippen LogP contribution < -0.4 is 5.32 Å². The minimum Gasteiger partial charge on any atom is -0.366 e. The second-order valence-corrected chi connectivity index (χ2v) is 9.06. The van der Waals surface area contributed by atoms with Crippen molar-refractivity contribution >= 4 is 27.4 Å². The summed E-state index contributed by atoms with van der Waals surface area (Å²) < 4.78 is 0. The first-order valence-corrected chi connectivity index (χ1v) is 10.0. The van der Waals surface area contributed by atoms with Gasteiger partial charge in [0, 0.05) is 17.0 Å². The molecule has 0 aromatic carbocycles. The molecule has 0 amide bonds. The molecular weight excluding hydrogens is 316 g/mol. The molecule has 2 aliphatic carbocycles. The highest BCUT2D eigenvalue weighted by Gasteiger charge is 2.34. The zero-order valence-corrected chi connectivity index (χ0v) is 16.0. The van der Waals surface area contributed by atoms with Gasteiger partial charge in [0.15, 0.2) is 0 Å². The molecule has 2 heterocycles. The van der Waals surface area contributed by atoms with E-state index in [0.29, 0.717) is 23.9 Å². The van der Waals surface area contributed by atoms with Gasteiger partial charge in [-0.1, -0.05) is 13.8 Å². The van der Waals surface area contributed by atoms with E-state index in [4.69, 9.17) is 0 Å². The SMILES string of the molecule is C[C@@H]1CC(N(C)C)C[C@H](C)C1Nc1ncnc2sc3c(c12)CCC3. The van der Waals surface area contributed by atoms with Gasteiger partial charge >= 0.3 is 0 Å². The average molecular weight is 345 g/mol. The summed E-state index contributed by atoms with van der Waals surface area (Å²) in [5, 5.41) is 5.15. The number of anilines is 1. The van der Waals surface area contributed by atoms with Gasteiger partial charge in [-0.05, 0) is 63.6 Å². The lowest BCUT2D eigenvalue weighted by Gasteiger charge is -2.42. The largest absolute Gasteiger partial charge is 0.366 e. The molecule has 0 spiro atoms. The molecule has 0 bridgehead atoms. The maximum Gasteiger partial charge on any atom is 0.138 e. The zero-order valence-electron chi connectivity index (χ0n) is 15.2. The summed E-state index contributed by atoms with van der Waals surface area (Å²) in [4.78, 5) is 14.3. The van der Waals surface area contributed by atoms with Gasteiger partial charge in [0.05, 0.1) is 5.39 Å². The van der Waals surface area contributed by atoms with Crippen LogP contribution in [0.3, 0.4) is 0 Å². The molecule has 0 radical (unpaired) electrons. The predicted molar refractivity (Wildman–Crippen MR) is 102 cm³/mol.